The average molecular weight is 253 g/mol. The Morgan fingerprint density at radius 1 is 1.47 bits per heavy atom. The van der Waals surface area contributed by atoms with Gasteiger partial charge in [-0.3, -0.25) is 4.40 Å². The monoisotopic (exact) mass is 252 g/mol. The van der Waals surface area contributed by atoms with Gasteiger partial charge in [-0.25, -0.2) is 4.98 Å². The van der Waals surface area contributed by atoms with Crippen molar-refractivity contribution in [1.29, 1.82) is 0 Å². The van der Waals surface area contributed by atoms with Crippen molar-refractivity contribution in [2.45, 2.75) is 26.4 Å². The van der Waals surface area contributed by atoms with E-state index < -0.39 is 0 Å². The minimum Gasteiger partial charge on any atom is -0.370 e. The van der Waals surface area contributed by atoms with Crippen molar-refractivity contribution in [1.82, 2.24) is 19.6 Å². The minimum atomic E-state index is 0.00618. The summed E-state index contributed by atoms with van der Waals surface area (Å²) in [6, 6.07) is 1.71. The zero-order valence-electron chi connectivity index (χ0n) is 9.72. The van der Waals surface area contributed by atoms with Gasteiger partial charge < -0.3 is 4.74 Å². The number of rotatable bonds is 1. The van der Waals surface area contributed by atoms with Crippen molar-refractivity contribution < 1.29 is 4.74 Å². The number of nitrogens with zero attached hydrogens (tertiary/aromatic N) is 4. The van der Waals surface area contributed by atoms with Crippen LogP contribution in [-0.4, -0.2) is 26.2 Å². The second-order valence-electron chi connectivity index (χ2n) is 4.44. The molecule has 0 aliphatic carbocycles. The van der Waals surface area contributed by atoms with Crippen molar-refractivity contribution in [2.24, 2.45) is 5.92 Å². The van der Waals surface area contributed by atoms with Gasteiger partial charge in [0.1, 0.15) is 17.1 Å². The molecule has 0 spiro atoms. The second kappa shape index (κ2) is 3.92. The zero-order valence-corrected chi connectivity index (χ0v) is 10.5. The summed E-state index contributed by atoms with van der Waals surface area (Å²) in [4.78, 5) is 4.22. The van der Waals surface area contributed by atoms with E-state index in [1.807, 2.05) is 11.3 Å². The van der Waals surface area contributed by atoms with E-state index in [1.54, 1.807) is 6.07 Å². The lowest BCUT2D eigenvalue weighted by Crippen LogP contribution is -2.10. The highest BCUT2D eigenvalue weighted by molar-refractivity contribution is 6.29. The summed E-state index contributed by atoms with van der Waals surface area (Å²) in [6.45, 7) is 4.84. The molecule has 0 aromatic carbocycles. The van der Waals surface area contributed by atoms with Crippen LogP contribution in [0.5, 0.6) is 0 Å². The number of aromatic nitrogens is 4. The summed E-state index contributed by atoms with van der Waals surface area (Å²) >= 11 is 5.90. The molecule has 2 aromatic rings. The van der Waals surface area contributed by atoms with E-state index in [2.05, 4.69) is 22.1 Å². The Hall–Kier alpha value is -1.20. The standard InChI is InChI=1S/C11H13ClN4O/c1-6-3-4-17-10(6)11-15-14-9-5-8(12)13-7(2)16(9)11/h5-6,10H,3-4H2,1-2H3. The predicted octanol–water partition coefficient (Wildman–Crippen LogP) is 2.18. The first-order chi connectivity index (χ1) is 8.16. The second-order valence-corrected chi connectivity index (χ2v) is 4.82. The molecule has 3 rings (SSSR count). The molecule has 0 bridgehead atoms. The molecule has 3 heterocycles. The molecule has 2 unspecified atom stereocenters. The Kier molecular flexibility index (Phi) is 2.52. The molecular weight excluding hydrogens is 240 g/mol. The van der Waals surface area contributed by atoms with Gasteiger partial charge in [-0.2, -0.15) is 0 Å². The molecule has 0 saturated carbocycles. The van der Waals surface area contributed by atoms with Crippen molar-refractivity contribution in [3.05, 3.63) is 22.9 Å². The fraction of sp³-hybridized carbons (Fsp3) is 0.545. The van der Waals surface area contributed by atoms with E-state index >= 15 is 0 Å². The number of hydrogen-bond acceptors (Lipinski definition) is 4. The van der Waals surface area contributed by atoms with E-state index in [9.17, 15) is 0 Å². The lowest BCUT2D eigenvalue weighted by Gasteiger charge is -2.13. The van der Waals surface area contributed by atoms with Crippen LogP contribution in [0.2, 0.25) is 5.15 Å². The largest absolute Gasteiger partial charge is 0.370 e. The highest BCUT2D eigenvalue weighted by Gasteiger charge is 2.30. The number of halogens is 1. The van der Waals surface area contributed by atoms with Crippen molar-refractivity contribution in [3.8, 4) is 0 Å². The topological polar surface area (TPSA) is 52.3 Å². The lowest BCUT2D eigenvalue weighted by molar-refractivity contribution is 0.0863. The third-order valence-electron chi connectivity index (χ3n) is 3.20. The lowest BCUT2D eigenvalue weighted by atomic mass is 10.0. The summed E-state index contributed by atoms with van der Waals surface area (Å²) in [5.74, 6) is 2.07. The van der Waals surface area contributed by atoms with Crippen LogP contribution in [0.4, 0.5) is 0 Å². The Labute approximate surface area is 104 Å². The molecule has 0 radical (unpaired) electrons. The molecule has 1 aliphatic heterocycles. The van der Waals surface area contributed by atoms with Gasteiger partial charge in [0.15, 0.2) is 11.5 Å². The van der Waals surface area contributed by atoms with Gasteiger partial charge in [0.25, 0.3) is 0 Å². The Morgan fingerprint density at radius 2 is 2.29 bits per heavy atom. The molecule has 5 nitrogen and oxygen atoms in total. The summed E-state index contributed by atoms with van der Waals surface area (Å²) in [7, 11) is 0. The van der Waals surface area contributed by atoms with Crippen LogP contribution >= 0.6 is 11.6 Å². The van der Waals surface area contributed by atoms with Crippen LogP contribution in [0, 0.1) is 12.8 Å². The van der Waals surface area contributed by atoms with Gasteiger partial charge in [0.2, 0.25) is 0 Å². The predicted molar refractivity (Wildman–Crippen MR) is 63.0 cm³/mol. The molecule has 0 N–H and O–H groups in total. The number of ether oxygens (including phenoxy) is 1. The number of hydrogen-bond donors (Lipinski definition) is 0. The van der Waals surface area contributed by atoms with Crippen LogP contribution in [0.1, 0.15) is 31.1 Å². The van der Waals surface area contributed by atoms with Crippen molar-refractivity contribution in [2.75, 3.05) is 6.61 Å². The molecule has 1 fully saturated rings. The molecule has 2 atom stereocenters. The van der Waals surface area contributed by atoms with Crippen LogP contribution < -0.4 is 0 Å². The fourth-order valence-electron chi connectivity index (χ4n) is 2.29. The Balaban J connectivity index is 2.17. The molecule has 17 heavy (non-hydrogen) atoms. The summed E-state index contributed by atoms with van der Waals surface area (Å²) in [5.41, 5.74) is 0.722. The van der Waals surface area contributed by atoms with Gasteiger partial charge in [-0.05, 0) is 19.3 Å². The first-order valence-corrected chi connectivity index (χ1v) is 6.04. The first-order valence-electron chi connectivity index (χ1n) is 5.66. The third kappa shape index (κ3) is 1.70. The van der Waals surface area contributed by atoms with Crippen LogP contribution in [0.3, 0.4) is 0 Å². The summed E-state index contributed by atoms with van der Waals surface area (Å²) < 4.78 is 7.63. The summed E-state index contributed by atoms with van der Waals surface area (Å²) in [5, 5.41) is 8.79. The maximum Gasteiger partial charge on any atom is 0.168 e. The zero-order chi connectivity index (χ0) is 12.0. The van der Waals surface area contributed by atoms with E-state index in [4.69, 9.17) is 16.3 Å². The van der Waals surface area contributed by atoms with Crippen LogP contribution in [-0.2, 0) is 4.74 Å². The smallest absolute Gasteiger partial charge is 0.168 e. The van der Waals surface area contributed by atoms with Gasteiger partial charge in [0.05, 0.1) is 0 Å². The van der Waals surface area contributed by atoms with Crippen molar-refractivity contribution in [3.63, 3.8) is 0 Å². The van der Waals surface area contributed by atoms with Crippen LogP contribution in [0.15, 0.2) is 6.07 Å². The molecular formula is C11H13ClN4O. The normalized spacial score (nSPS) is 24.6. The van der Waals surface area contributed by atoms with Crippen molar-refractivity contribution >= 4 is 17.2 Å². The Morgan fingerprint density at radius 3 is 3.00 bits per heavy atom. The SMILES string of the molecule is Cc1nc(Cl)cc2nnc(C3OCCC3C)n12. The van der Waals surface area contributed by atoms with Gasteiger partial charge in [-0.15, -0.1) is 10.2 Å². The maximum atomic E-state index is 5.90. The van der Waals surface area contributed by atoms with E-state index in [0.29, 0.717) is 11.1 Å². The minimum absolute atomic E-state index is 0.00618. The van der Waals surface area contributed by atoms with Gasteiger partial charge in [0, 0.05) is 12.7 Å². The highest BCUT2D eigenvalue weighted by Crippen LogP contribution is 2.33. The molecule has 0 amide bonds. The molecule has 2 aromatic heterocycles. The third-order valence-corrected chi connectivity index (χ3v) is 3.39. The highest BCUT2D eigenvalue weighted by atomic mass is 35.5. The fourth-order valence-corrected chi connectivity index (χ4v) is 2.51. The van der Waals surface area contributed by atoms with E-state index in [-0.39, 0.29) is 6.10 Å². The Bertz CT molecular complexity index is 568. The average Bonchev–Trinajstić information content (AvgIpc) is 2.83. The van der Waals surface area contributed by atoms with Gasteiger partial charge >= 0.3 is 0 Å². The molecule has 90 valence electrons. The number of fused-ring (bicyclic) bond motifs is 1. The van der Waals surface area contributed by atoms with E-state index in [1.165, 1.54) is 0 Å². The molecule has 1 saturated heterocycles. The van der Waals surface area contributed by atoms with E-state index in [0.717, 1.165) is 30.3 Å². The number of aryl methyl sites for hydroxylation is 1. The quantitative estimate of drug-likeness (QED) is 0.730. The molecule has 1 aliphatic rings. The summed E-state index contributed by atoms with van der Waals surface area (Å²) in [6.07, 6.45) is 1.06. The maximum absolute atomic E-state index is 5.90. The van der Waals surface area contributed by atoms with Gasteiger partial charge in [-0.1, -0.05) is 18.5 Å². The first kappa shape index (κ1) is 10.9. The molecule has 6 heteroatoms. The van der Waals surface area contributed by atoms with Crippen LogP contribution in [0.25, 0.3) is 5.65 Å².